The van der Waals surface area contributed by atoms with E-state index < -0.39 is 35.3 Å². The highest BCUT2D eigenvalue weighted by Crippen LogP contribution is 2.32. The molecule has 2 rings (SSSR count). The summed E-state index contributed by atoms with van der Waals surface area (Å²) in [5, 5.41) is 9.95. The van der Waals surface area contributed by atoms with E-state index in [1.54, 1.807) is 34.6 Å². The largest absolute Gasteiger partial charge is 0.479 e. The van der Waals surface area contributed by atoms with Gasteiger partial charge in [-0.25, -0.2) is 9.18 Å². The van der Waals surface area contributed by atoms with E-state index in [2.05, 4.69) is 0 Å². The average molecular weight is 496 g/mol. The van der Waals surface area contributed by atoms with Crippen LogP contribution in [0.2, 0.25) is 0 Å². The normalized spacial score (nSPS) is 20.7. The first-order chi connectivity index (χ1) is 16.2. The maximum absolute atomic E-state index is 13.4. The molecule has 1 heterocycles. The van der Waals surface area contributed by atoms with Gasteiger partial charge in [-0.3, -0.25) is 9.59 Å². The zero-order valence-corrected chi connectivity index (χ0v) is 21.5. The van der Waals surface area contributed by atoms with Crippen molar-refractivity contribution in [3.63, 3.8) is 0 Å². The van der Waals surface area contributed by atoms with E-state index >= 15 is 0 Å². The first-order valence-corrected chi connectivity index (χ1v) is 12.1. The fraction of sp³-hybridized carbons (Fsp3) is 0.654. The molecule has 0 radical (unpaired) electrons. The number of carbonyl (C=O) groups is 3. The van der Waals surface area contributed by atoms with Gasteiger partial charge in [0.2, 0.25) is 5.91 Å². The second-order valence-electron chi connectivity index (χ2n) is 10.3. The van der Waals surface area contributed by atoms with Crippen molar-refractivity contribution in [2.45, 2.75) is 103 Å². The zero-order chi connectivity index (χ0) is 26.4. The number of carbonyl (C=O) groups excluding carboxylic acids is 2. The second-order valence-corrected chi connectivity index (χ2v) is 10.3. The topological polar surface area (TPSA) is 102 Å². The Labute approximate surface area is 206 Å². The van der Waals surface area contributed by atoms with E-state index in [-0.39, 0.29) is 37.4 Å². The third-order valence-electron chi connectivity index (χ3n) is 5.45. The molecule has 0 bridgehead atoms. The van der Waals surface area contributed by atoms with Gasteiger partial charge in [-0.2, -0.15) is 0 Å². The summed E-state index contributed by atoms with van der Waals surface area (Å²) in [6.45, 7) is 10.8. The van der Waals surface area contributed by atoms with Gasteiger partial charge in [0.1, 0.15) is 11.4 Å². The van der Waals surface area contributed by atoms with Gasteiger partial charge in [0, 0.05) is 19.4 Å². The number of ether oxygens (including phenoxy) is 3. The highest BCUT2D eigenvalue weighted by molar-refractivity contribution is 5.84. The van der Waals surface area contributed by atoms with Crippen LogP contribution in [0.25, 0.3) is 0 Å². The number of benzene rings is 1. The van der Waals surface area contributed by atoms with Gasteiger partial charge in [-0.15, -0.1) is 0 Å². The molecular formula is C26H38FNO7. The lowest BCUT2D eigenvalue weighted by Crippen LogP contribution is -2.47. The van der Waals surface area contributed by atoms with E-state index in [0.29, 0.717) is 24.8 Å². The van der Waals surface area contributed by atoms with E-state index in [0.717, 1.165) is 0 Å². The highest BCUT2D eigenvalue weighted by Gasteiger charge is 2.38. The van der Waals surface area contributed by atoms with Gasteiger partial charge in [-0.05, 0) is 65.2 Å². The molecule has 1 saturated heterocycles. The lowest BCUT2D eigenvalue weighted by atomic mass is 10.0. The first kappa shape index (κ1) is 28.7. The molecule has 1 aromatic rings. The maximum Gasteiger partial charge on any atom is 0.331 e. The number of rotatable bonds is 10. The smallest absolute Gasteiger partial charge is 0.331 e. The van der Waals surface area contributed by atoms with Crippen LogP contribution in [0.15, 0.2) is 24.3 Å². The van der Waals surface area contributed by atoms with E-state index in [9.17, 15) is 23.9 Å². The first-order valence-electron chi connectivity index (χ1n) is 12.1. The van der Waals surface area contributed by atoms with Gasteiger partial charge in [0.15, 0.2) is 11.8 Å². The van der Waals surface area contributed by atoms with Crippen LogP contribution < -0.4 is 0 Å². The van der Waals surface area contributed by atoms with Crippen molar-refractivity contribution >= 4 is 17.8 Å². The number of halogens is 1. The molecule has 9 heteroatoms. The molecular weight excluding hydrogens is 457 g/mol. The average Bonchev–Trinajstić information content (AvgIpc) is 2.69. The standard InChI is InChI=1S/C26H38FNO7/c1-7-8-21(29)28(23(24(31)32)17-9-11-18(27)12-10-17)14-13-19-15-20(34-26(5,6)33-19)16-22(30)35-25(2,3)4/h9-12,19-20,23H,7-8,13-16H2,1-6H3,(H,31,32)/t19-,20-,23?/m1/s1. The molecule has 3 atom stereocenters. The predicted molar refractivity (Wildman–Crippen MR) is 127 cm³/mol. The molecule has 35 heavy (non-hydrogen) atoms. The summed E-state index contributed by atoms with van der Waals surface area (Å²) in [7, 11) is 0. The van der Waals surface area contributed by atoms with Crippen LogP contribution in [0.5, 0.6) is 0 Å². The minimum Gasteiger partial charge on any atom is -0.479 e. The van der Waals surface area contributed by atoms with Crippen molar-refractivity contribution in [1.82, 2.24) is 4.90 Å². The van der Waals surface area contributed by atoms with Crippen molar-refractivity contribution in [2.24, 2.45) is 0 Å². The molecule has 0 spiro atoms. The summed E-state index contributed by atoms with van der Waals surface area (Å²) in [6, 6.07) is 3.87. The summed E-state index contributed by atoms with van der Waals surface area (Å²) < 4.78 is 30.8. The Balaban J connectivity index is 2.17. The van der Waals surface area contributed by atoms with Crippen LogP contribution >= 0.6 is 0 Å². The molecule has 1 unspecified atom stereocenters. The van der Waals surface area contributed by atoms with Gasteiger partial charge in [0.25, 0.3) is 0 Å². The quantitative estimate of drug-likeness (QED) is 0.473. The maximum atomic E-state index is 13.4. The number of nitrogens with zero attached hydrogens (tertiary/aromatic N) is 1. The SMILES string of the molecule is CCCC(=O)N(CC[C@@H]1C[C@H](CC(=O)OC(C)(C)C)OC(C)(C)O1)C(C(=O)O)c1ccc(F)cc1. The Hall–Kier alpha value is -2.52. The van der Waals surface area contributed by atoms with Gasteiger partial charge >= 0.3 is 11.9 Å². The molecule has 8 nitrogen and oxygen atoms in total. The molecule has 0 aliphatic carbocycles. The van der Waals surface area contributed by atoms with Crippen LogP contribution in [-0.2, 0) is 28.6 Å². The summed E-state index contributed by atoms with van der Waals surface area (Å²) in [4.78, 5) is 38.8. The van der Waals surface area contributed by atoms with Crippen molar-refractivity contribution in [1.29, 1.82) is 0 Å². The van der Waals surface area contributed by atoms with Crippen LogP contribution in [-0.4, -0.2) is 58.0 Å². The predicted octanol–water partition coefficient (Wildman–Crippen LogP) is 4.61. The monoisotopic (exact) mass is 495 g/mol. The minimum atomic E-state index is -1.25. The van der Waals surface area contributed by atoms with E-state index in [1.807, 2.05) is 6.92 Å². The van der Waals surface area contributed by atoms with Crippen LogP contribution in [0.3, 0.4) is 0 Å². The number of carboxylic acid groups (broad SMARTS) is 1. The Morgan fingerprint density at radius 1 is 1.17 bits per heavy atom. The lowest BCUT2D eigenvalue weighted by Gasteiger charge is -2.41. The van der Waals surface area contributed by atoms with Crippen LogP contribution in [0, 0.1) is 5.82 Å². The number of amides is 1. The molecule has 0 aromatic heterocycles. The molecule has 1 aromatic carbocycles. The van der Waals surface area contributed by atoms with Gasteiger partial charge in [-0.1, -0.05) is 19.1 Å². The Bertz CT molecular complexity index is 879. The zero-order valence-electron chi connectivity index (χ0n) is 21.5. The number of hydrogen-bond donors (Lipinski definition) is 1. The Kier molecular flexibility index (Phi) is 9.80. The Morgan fingerprint density at radius 2 is 1.77 bits per heavy atom. The summed E-state index contributed by atoms with van der Waals surface area (Å²) in [6.07, 6.45) is 0.740. The van der Waals surface area contributed by atoms with E-state index in [1.165, 1.54) is 29.2 Å². The fourth-order valence-corrected chi connectivity index (χ4v) is 4.23. The summed E-state index contributed by atoms with van der Waals surface area (Å²) in [5.41, 5.74) is -0.289. The third-order valence-corrected chi connectivity index (χ3v) is 5.45. The molecule has 1 aliphatic heterocycles. The van der Waals surface area contributed by atoms with Gasteiger partial charge < -0.3 is 24.2 Å². The van der Waals surface area contributed by atoms with Crippen molar-refractivity contribution in [3.05, 3.63) is 35.6 Å². The number of carboxylic acids is 1. The number of aliphatic carboxylic acids is 1. The molecule has 1 aliphatic rings. The van der Waals surface area contributed by atoms with Crippen molar-refractivity contribution in [3.8, 4) is 0 Å². The number of hydrogen-bond acceptors (Lipinski definition) is 6. The highest BCUT2D eigenvalue weighted by atomic mass is 19.1. The van der Waals surface area contributed by atoms with Crippen LogP contribution in [0.1, 0.15) is 85.3 Å². The molecule has 1 amide bonds. The lowest BCUT2D eigenvalue weighted by molar-refractivity contribution is -0.301. The molecule has 0 saturated carbocycles. The van der Waals surface area contributed by atoms with Crippen LogP contribution in [0.4, 0.5) is 4.39 Å². The Morgan fingerprint density at radius 3 is 2.31 bits per heavy atom. The fourth-order valence-electron chi connectivity index (χ4n) is 4.23. The molecule has 196 valence electrons. The van der Waals surface area contributed by atoms with E-state index in [4.69, 9.17) is 14.2 Å². The minimum absolute atomic E-state index is 0.0619. The van der Waals surface area contributed by atoms with Gasteiger partial charge in [0.05, 0.1) is 18.6 Å². The summed E-state index contributed by atoms with van der Waals surface area (Å²) in [5.74, 6) is -3.33. The third kappa shape index (κ3) is 9.22. The molecule has 1 fully saturated rings. The second kappa shape index (κ2) is 11.9. The van der Waals surface area contributed by atoms with Crippen molar-refractivity contribution in [2.75, 3.05) is 6.54 Å². The molecule has 1 N–H and O–H groups in total. The summed E-state index contributed by atoms with van der Waals surface area (Å²) >= 11 is 0. The number of esters is 1. The van der Waals surface area contributed by atoms with Crippen molar-refractivity contribution < 1.29 is 38.1 Å².